The summed E-state index contributed by atoms with van der Waals surface area (Å²) < 4.78 is 77.4. The summed E-state index contributed by atoms with van der Waals surface area (Å²) in [5.41, 5.74) is -2.29. The average Bonchev–Trinajstić information content (AvgIpc) is 3.04. The van der Waals surface area contributed by atoms with Crippen molar-refractivity contribution in [2.75, 3.05) is 6.54 Å². The van der Waals surface area contributed by atoms with Gasteiger partial charge in [-0.05, 0) is 42.3 Å². The van der Waals surface area contributed by atoms with Gasteiger partial charge >= 0.3 is 12.4 Å². The van der Waals surface area contributed by atoms with E-state index < -0.39 is 46.7 Å². The third kappa shape index (κ3) is 5.32. The molecule has 0 saturated carbocycles. The van der Waals surface area contributed by atoms with Crippen molar-refractivity contribution in [3.05, 3.63) is 64.7 Å². The van der Waals surface area contributed by atoms with Crippen LogP contribution in [0.1, 0.15) is 39.9 Å². The Kier molecular flexibility index (Phi) is 6.38. The highest BCUT2D eigenvalue weighted by molar-refractivity contribution is 5.97. The minimum Gasteiger partial charge on any atom is -0.507 e. The molecule has 1 fully saturated rings. The lowest BCUT2D eigenvalue weighted by molar-refractivity contribution is -0.138. The number of phenols is 1. The molecule has 1 atom stereocenters. The summed E-state index contributed by atoms with van der Waals surface area (Å²) in [5.74, 6) is -1.92. The van der Waals surface area contributed by atoms with Crippen LogP contribution in [0.5, 0.6) is 5.75 Å². The van der Waals surface area contributed by atoms with Crippen LogP contribution in [-0.2, 0) is 23.7 Å². The van der Waals surface area contributed by atoms with Crippen molar-refractivity contribution in [3.63, 3.8) is 0 Å². The van der Waals surface area contributed by atoms with Crippen molar-refractivity contribution in [2.45, 2.75) is 37.8 Å². The molecule has 0 radical (unpaired) electrons. The van der Waals surface area contributed by atoms with Gasteiger partial charge in [0, 0.05) is 25.6 Å². The molecule has 2 N–H and O–H groups in total. The van der Waals surface area contributed by atoms with Crippen LogP contribution in [0.4, 0.5) is 26.3 Å². The van der Waals surface area contributed by atoms with Crippen molar-refractivity contribution in [1.29, 1.82) is 0 Å². The smallest absolute Gasteiger partial charge is 0.416 e. The van der Waals surface area contributed by atoms with Crippen molar-refractivity contribution in [3.8, 4) is 5.75 Å². The zero-order valence-corrected chi connectivity index (χ0v) is 16.4. The number of nitrogens with zero attached hydrogens (tertiary/aromatic N) is 1. The molecule has 32 heavy (non-hydrogen) atoms. The van der Waals surface area contributed by atoms with E-state index in [1.807, 2.05) is 0 Å². The van der Waals surface area contributed by atoms with E-state index in [9.17, 15) is 41.0 Å². The topological polar surface area (TPSA) is 69.6 Å². The van der Waals surface area contributed by atoms with Crippen LogP contribution >= 0.6 is 0 Å². The standard InChI is InChI=1S/C21H18F6N2O3/c22-20(23,24)13-3-1-2-12(8-13)11-29-15(5-7-18(29)31)10-28-19(32)16-9-14(21(25,26)27)4-6-17(16)30/h1-4,6,8-9,15,30H,5,7,10-11H2,(H,28,32)/t15-/m0/s1. The monoisotopic (exact) mass is 460 g/mol. The van der Waals surface area contributed by atoms with Gasteiger partial charge in [-0.25, -0.2) is 0 Å². The molecule has 1 saturated heterocycles. The van der Waals surface area contributed by atoms with Gasteiger partial charge in [0.1, 0.15) is 5.75 Å². The van der Waals surface area contributed by atoms with E-state index in [1.165, 1.54) is 17.0 Å². The molecule has 1 aliphatic rings. The zero-order chi connectivity index (χ0) is 23.7. The Morgan fingerprint density at radius 1 is 1.03 bits per heavy atom. The maximum Gasteiger partial charge on any atom is 0.416 e. The fraction of sp³-hybridized carbons (Fsp3) is 0.333. The number of carbonyl (C=O) groups excluding carboxylic acids is 2. The van der Waals surface area contributed by atoms with Crippen LogP contribution in [0.25, 0.3) is 0 Å². The SMILES string of the molecule is O=C(NC[C@@H]1CCC(=O)N1Cc1cccc(C(F)(F)F)c1)c1cc(C(F)(F)F)ccc1O. The van der Waals surface area contributed by atoms with Gasteiger partial charge in [-0.3, -0.25) is 9.59 Å². The van der Waals surface area contributed by atoms with Gasteiger partial charge in [0.05, 0.1) is 16.7 Å². The first kappa shape index (κ1) is 23.4. The van der Waals surface area contributed by atoms with Crippen molar-refractivity contribution in [1.82, 2.24) is 10.2 Å². The predicted octanol–water partition coefficient (Wildman–Crippen LogP) is 4.35. The molecule has 0 bridgehead atoms. The molecule has 2 aromatic carbocycles. The highest BCUT2D eigenvalue weighted by Gasteiger charge is 2.34. The third-order valence-electron chi connectivity index (χ3n) is 5.13. The van der Waals surface area contributed by atoms with E-state index in [1.54, 1.807) is 0 Å². The Morgan fingerprint density at radius 3 is 2.34 bits per heavy atom. The van der Waals surface area contributed by atoms with Crippen molar-refractivity contribution < 1.29 is 41.0 Å². The lowest BCUT2D eigenvalue weighted by Gasteiger charge is -2.25. The molecule has 11 heteroatoms. The summed E-state index contributed by atoms with van der Waals surface area (Å²) in [6.07, 6.45) is -8.81. The van der Waals surface area contributed by atoms with Crippen molar-refractivity contribution in [2.24, 2.45) is 0 Å². The van der Waals surface area contributed by atoms with Gasteiger partial charge in [-0.15, -0.1) is 0 Å². The normalized spacial score (nSPS) is 17.0. The fourth-order valence-corrected chi connectivity index (χ4v) is 3.47. The number of alkyl halides is 6. The number of nitrogens with one attached hydrogen (secondary N) is 1. The first-order valence-corrected chi connectivity index (χ1v) is 9.50. The van der Waals surface area contributed by atoms with Crippen LogP contribution in [0, 0.1) is 0 Å². The first-order chi connectivity index (χ1) is 14.9. The summed E-state index contributed by atoms with van der Waals surface area (Å²) in [6, 6.07) is 5.87. The van der Waals surface area contributed by atoms with Crippen molar-refractivity contribution >= 4 is 11.8 Å². The number of benzene rings is 2. The van der Waals surface area contributed by atoms with E-state index in [0.29, 0.717) is 18.6 Å². The molecule has 0 spiro atoms. The van der Waals surface area contributed by atoms with E-state index in [0.717, 1.165) is 18.2 Å². The maximum atomic E-state index is 12.9. The number of carbonyl (C=O) groups is 2. The minimum absolute atomic E-state index is 0.113. The summed E-state index contributed by atoms with van der Waals surface area (Å²) in [4.78, 5) is 25.9. The number of phenolic OH excluding ortho intramolecular Hbond substituents is 1. The third-order valence-corrected chi connectivity index (χ3v) is 5.13. The highest BCUT2D eigenvalue weighted by Crippen LogP contribution is 2.33. The molecule has 172 valence electrons. The largest absolute Gasteiger partial charge is 0.507 e. The summed E-state index contributed by atoms with van der Waals surface area (Å²) in [5, 5.41) is 12.2. The first-order valence-electron chi connectivity index (χ1n) is 9.50. The summed E-state index contributed by atoms with van der Waals surface area (Å²) >= 11 is 0. The van der Waals surface area contributed by atoms with Gasteiger partial charge in [-0.2, -0.15) is 26.3 Å². The minimum atomic E-state index is -4.71. The molecule has 0 unspecified atom stereocenters. The Hall–Kier alpha value is -3.24. The number of hydrogen-bond acceptors (Lipinski definition) is 3. The number of halogens is 6. The summed E-state index contributed by atoms with van der Waals surface area (Å²) in [7, 11) is 0. The number of rotatable bonds is 5. The van der Waals surface area contributed by atoms with E-state index in [-0.39, 0.29) is 31.0 Å². The Morgan fingerprint density at radius 2 is 1.69 bits per heavy atom. The predicted molar refractivity (Wildman–Crippen MR) is 100 cm³/mol. The van der Waals surface area contributed by atoms with E-state index in [4.69, 9.17) is 0 Å². The van der Waals surface area contributed by atoms with Crippen LogP contribution < -0.4 is 5.32 Å². The second-order valence-electron chi connectivity index (χ2n) is 7.35. The molecular weight excluding hydrogens is 442 g/mol. The highest BCUT2D eigenvalue weighted by atomic mass is 19.4. The number of amides is 2. The molecule has 0 aliphatic carbocycles. The average molecular weight is 460 g/mol. The second-order valence-corrected chi connectivity index (χ2v) is 7.35. The van der Waals surface area contributed by atoms with Crippen LogP contribution in [-0.4, -0.2) is 34.4 Å². The Bertz CT molecular complexity index is 1020. The second kappa shape index (κ2) is 8.71. The summed E-state index contributed by atoms with van der Waals surface area (Å²) in [6.45, 7) is -0.253. The molecule has 0 aromatic heterocycles. The van der Waals surface area contributed by atoms with E-state index >= 15 is 0 Å². The molecule has 5 nitrogen and oxygen atoms in total. The maximum absolute atomic E-state index is 12.9. The Labute approximate surface area is 178 Å². The quantitative estimate of drug-likeness (QED) is 0.652. The van der Waals surface area contributed by atoms with Gasteiger partial charge in [0.15, 0.2) is 0 Å². The van der Waals surface area contributed by atoms with Gasteiger partial charge < -0.3 is 15.3 Å². The molecule has 1 heterocycles. The fourth-order valence-electron chi connectivity index (χ4n) is 3.47. The molecule has 1 aliphatic heterocycles. The molecule has 3 rings (SSSR count). The van der Waals surface area contributed by atoms with Gasteiger partial charge in [-0.1, -0.05) is 12.1 Å². The van der Waals surface area contributed by atoms with Crippen LogP contribution in [0.15, 0.2) is 42.5 Å². The lowest BCUT2D eigenvalue weighted by Crippen LogP contribution is -2.41. The lowest BCUT2D eigenvalue weighted by atomic mass is 10.1. The number of likely N-dealkylation sites (tertiary alicyclic amines) is 1. The van der Waals surface area contributed by atoms with Crippen LogP contribution in [0.2, 0.25) is 0 Å². The zero-order valence-electron chi connectivity index (χ0n) is 16.4. The molecular formula is C21H18F6N2O3. The van der Waals surface area contributed by atoms with Gasteiger partial charge in [0.2, 0.25) is 5.91 Å². The van der Waals surface area contributed by atoms with Gasteiger partial charge in [0.25, 0.3) is 5.91 Å². The number of hydrogen-bond donors (Lipinski definition) is 2. The molecule has 2 amide bonds. The van der Waals surface area contributed by atoms with Crippen LogP contribution in [0.3, 0.4) is 0 Å². The number of aromatic hydroxyl groups is 1. The van der Waals surface area contributed by atoms with E-state index in [2.05, 4.69) is 5.32 Å². The molecule has 2 aromatic rings. The Balaban J connectivity index is 1.70.